The molecule has 0 bridgehead atoms. The van der Waals surface area contributed by atoms with Crippen molar-refractivity contribution < 1.29 is 4.79 Å². The number of nitrogens with one attached hydrogen (secondary N) is 1. The lowest BCUT2D eigenvalue weighted by molar-refractivity contribution is -0.137. The van der Waals surface area contributed by atoms with Gasteiger partial charge in [0, 0.05) is 50.9 Å². The summed E-state index contributed by atoms with van der Waals surface area (Å²) in [6, 6.07) is 8.82. The van der Waals surface area contributed by atoms with E-state index in [2.05, 4.69) is 44.5 Å². The number of hydrogen-bond acceptors (Lipinski definition) is 5. The van der Waals surface area contributed by atoms with Gasteiger partial charge < -0.3 is 15.1 Å². The van der Waals surface area contributed by atoms with Crippen LogP contribution in [-0.4, -0.2) is 47.5 Å². The summed E-state index contributed by atoms with van der Waals surface area (Å²) in [5.41, 5.74) is 3.76. The first-order chi connectivity index (χ1) is 14.0. The van der Waals surface area contributed by atoms with Gasteiger partial charge in [-0.05, 0) is 50.2 Å². The van der Waals surface area contributed by atoms with Crippen molar-refractivity contribution in [1.82, 2.24) is 14.9 Å². The molecule has 1 aliphatic carbocycles. The number of nitrogens with zero attached hydrogens (tertiary/aromatic N) is 4. The van der Waals surface area contributed by atoms with Crippen LogP contribution in [0, 0.1) is 12.8 Å². The highest BCUT2D eigenvalue weighted by Crippen LogP contribution is 2.30. The Hall–Kier alpha value is -2.63. The molecule has 6 nitrogen and oxygen atoms in total. The van der Waals surface area contributed by atoms with Gasteiger partial charge in [-0.15, -0.1) is 0 Å². The monoisotopic (exact) mass is 393 g/mol. The first-order valence-electron chi connectivity index (χ1n) is 10.6. The fourth-order valence-corrected chi connectivity index (χ4v) is 4.56. The number of anilines is 2. The van der Waals surface area contributed by atoms with Crippen LogP contribution in [0.25, 0.3) is 0 Å². The molecule has 1 N–H and O–H groups in total. The van der Waals surface area contributed by atoms with Gasteiger partial charge in [0.25, 0.3) is 0 Å². The molecule has 1 aromatic carbocycles. The highest BCUT2D eigenvalue weighted by molar-refractivity contribution is 5.79. The fraction of sp³-hybridized carbons (Fsp3) is 0.522. The van der Waals surface area contributed by atoms with E-state index in [1.54, 1.807) is 0 Å². The van der Waals surface area contributed by atoms with Gasteiger partial charge in [-0.1, -0.05) is 24.3 Å². The Morgan fingerprint density at radius 3 is 2.59 bits per heavy atom. The Bertz CT molecular complexity index is 873. The molecule has 1 saturated carbocycles. The first kappa shape index (κ1) is 19.7. The lowest BCUT2D eigenvalue weighted by Gasteiger charge is -2.35. The topological polar surface area (TPSA) is 61.4 Å². The van der Waals surface area contributed by atoms with Crippen molar-refractivity contribution in [2.45, 2.75) is 51.6 Å². The Morgan fingerprint density at radius 2 is 1.86 bits per heavy atom. The van der Waals surface area contributed by atoms with Crippen LogP contribution >= 0.6 is 0 Å². The highest BCUT2D eigenvalue weighted by atomic mass is 16.2. The van der Waals surface area contributed by atoms with Crippen molar-refractivity contribution in [3.63, 3.8) is 0 Å². The van der Waals surface area contributed by atoms with Gasteiger partial charge in [-0.25, -0.2) is 4.98 Å². The highest BCUT2D eigenvalue weighted by Gasteiger charge is 2.31. The van der Waals surface area contributed by atoms with E-state index < -0.39 is 0 Å². The molecule has 6 heteroatoms. The summed E-state index contributed by atoms with van der Waals surface area (Å²) in [4.78, 5) is 26.2. The molecule has 1 fully saturated rings. The molecule has 0 unspecified atom stereocenters. The summed E-state index contributed by atoms with van der Waals surface area (Å²) < 4.78 is 0. The molecule has 0 atom stereocenters. The second kappa shape index (κ2) is 8.39. The van der Waals surface area contributed by atoms with E-state index in [-0.39, 0.29) is 5.92 Å². The van der Waals surface area contributed by atoms with Crippen LogP contribution in [0.4, 0.5) is 11.8 Å². The number of hydrogen-bond donors (Lipinski definition) is 1. The van der Waals surface area contributed by atoms with Gasteiger partial charge in [0.05, 0.1) is 0 Å². The third-order valence-corrected chi connectivity index (χ3v) is 6.22. The van der Waals surface area contributed by atoms with Gasteiger partial charge in [-0.3, -0.25) is 4.79 Å². The molecule has 1 amide bonds. The average Bonchev–Trinajstić information content (AvgIpc) is 2.74. The maximum absolute atomic E-state index is 13.1. The molecule has 4 rings (SSSR count). The normalized spacial score (nSPS) is 21.4. The van der Waals surface area contributed by atoms with Crippen LogP contribution in [0.5, 0.6) is 0 Å². The molecule has 0 radical (unpaired) electrons. The zero-order chi connectivity index (χ0) is 20.4. The molecule has 29 heavy (non-hydrogen) atoms. The van der Waals surface area contributed by atoms with Gasteiger partial charge in [0.1, 0.15) is 5.82 Å². The van der Waals surface area contributed by atoms with Crippen molar-refractivity contribution >= 4 is 17.7 Å². The lowest BCUT2D eigenvalue weighted by atomic mass is 9.84. The van der Waals surface area contributed by atoms with Crippen LogP contribution in [0.15, 0.2) is 30.5 Å². The molecule has 2 heterocycles. The van der Waals surface area contributed by atoms with Crippen molar-refractivity contribution in [2.24, 2.45) is 5.92 Å². The molecule has 1 aliphatic heterocycles. The van der Waals surface area contributed by atoms with Crippen LogP contribution in [0.3, 0.4) is 0 Å². The van der Waals surface area contributed by atoms with Crippen LogP contribution in [-0.2, 0) is 17.8 Å². The SMILES string of the molecule is Cc1cnc(NC2CCC(C(=O)N3CCc4ccccc4C3)CC2)nc1N(C)C. The van der Waals surface area contributed by atoms with Crippen molar-refractivity contribution in [2.75, 3.05) is 30.9 Å². The number of carbonyl (C=O) groups is 1. The van der Waals surface area contributed by atoms with Gasteiger partial charge >= 0.3 is 0 Å². The largest absolute Gasteiger partial charge is 0.362 e. The minimum Gasteiger partial charge on any atom is -0.362 e. The van der Waals surface area contributed by atoms with E-state index in [0.717, 1.165) is 56.6 Å². The van der Waals surface area contributed by atoms with E-state index in [1.165, 1.54) is 11.1 Å². The molecule has 1 aromatic heterocycles. The quantitative estimate of drug-likeness (QED) is 0.863. The van der Waals surface area contributed by atoms with Gasteiger partial charge in [0.15, 0.2) is 0 Å². The molecular formula is C23H31N5O. The summed E-state index contributed by atoms with van der Waals surface area (Å²) in [6.45, 7) is 3.63. The Balaban J connectivity index is 1.32. The molecule has 2 aromatic rings. The summed E-state index contributed by atoms with van der Waals surface area (Å²) in [5.74, 6) is 2.10. The predicted octanol–water partition coefficient (Wildman–Crippen LogP) is 3.41. The number of amides is 1. The van der Waals surface area contributed by atoms with Gasteiger partial charge in [-0.2, -0.15) is 4.98 Å². The second-order valence-electron chi connectivity index (χ2n) is 8.57. The summed E-state index contributed by atoms with van der Waals surface area (Å²) >= 11 is 0. The van der Waals surface area contributed by atoms with E-state index in [0.29, 0.717) is 17.9 Å². The van der Waals surface area contributed by atoms with Crippen LogP contribution in [0.1, 0.15) is 42.4 Å². The van der Waals surface area contributed by atoms with E-state index >= 15 is 0 Å². The minimum absolute atomic E-state index is 0.148. The second-order valence-corrected chi connectivity index (χ2v) is 8.57. The van der Waals surface area contributed by atoms with Gasteiger partial charge in [0.2, 0.25) is 11.9 Å². The first-order valence-corrected chi connectivity index (χ1v) is 10.6. The Kier molecular flexibility index (Phi) is 5.69. The van der Waals surface area contributed by atoms with Crippen molar-refractivity contribution in [3.05, 3.63) is 47.2 Å². The zero-order valence-corrected chi connectivity index (χ0v) is 17.7. The third-order valence-electron chi connectivity index (χ3n) is 6.22. The van der Waals surface area contributed by atoms with Crippen molar-refractivity contribution in [3.8, 4) is 0 Å². The van der Waals surface area contributed by atoms with E-state index in [1.807, 2.05) is 32.1 Å². The fourth-order valence-electron chi connectivity index (χ4n) is 4.56. The molecule has 2 aliphatic rings. The standard InChI is InChI=1S/C23H31N5O/c1-16-14-24-23(26-21(16)27(2)3)25-20-10-8-18(9-11-20)22(29)28-13-12-17-6-4-5-7-19(17)15-28/h4-7,14,18,20H,8-13,15H2,1-3H3,(H,24,25,26). The lowest BCUT2D eigenvalue weighted by Crippen LogP contribution is -2.41. The summed E-state index contributed by atoms with van der Waals surface area (Å²) in [6.07, 6.45) is 6.67. The third kappa shape index (κ3) is 4.36. The number of rotatable bonds is 4. The predicted molar refractivity (Wildman–Crippen MR) is 116 cm³/mol. The maximum atomic E-state index is 13.1. The number of aromatic nitrogens is 2. The van der Waals surface area contributed by atoms with Crippen LogP contribution in [0.2, 0.25) is 0 Å². The Labute approximate surface area is 173 Å². The average molecular weight is 394 g/mol. The van der Waals surface area contributed by atoms with E-state index in [4.69, 9.17) is 0 Å². The van der Waals surface area contributed by atoms with E-state index in [9.17, 15) is 4.79 Å². The smallest absolute Gasteiger partial charge is 0.225 e. The molecular weight excluding hydrogens is 362 g/mol. The number of aryl methyl sites for hydroxylation is 1. The summed E-state index contributed by atoms with van der Waals surface area (Å²) in [7, 11) is 3.99. The van der Waals surface area contributed by atoms with Crippen molar-refractivity contribution in [1.29, 1.82) is 0 Å². The Morgan fingerprint density at radius 1 is 1.14 bits per heavy atom. The molecule has 0 spiro atoms. The maximum Gasteiger partial charge on any atom is 0.225 e. The number of benzene rings is 1. The van der Waals surface area contributed by atoms with Crippen LogP contribution < -0.4 is 10.2 Å². The number of fused-ring (bicyclic) bond motifs is 1. The zero-order valence-electron chi connectivity index (χ0n) is 17.7. The molecule has 154 valence electrons. The molecule has 0 saturated heterocycles. The summed E-state index contributed by atoms with van der Waals surface area (Å²) in [5, 5.41) is 3.48. The minimum atomic E-state index is 0.148. The number of carbonyl (C=O) groups excluding carboxylic acids is 1.